The van der Waals surface area contributed by atoms with E-state index in [9.17, 15) is 4.79 Å². The van der Waals surface area contributed by atoms with Gasteiger partial charge in [-0.25, -0.2) is 0 Å². The topological polar surface area (TPSA) is 64.8 Å². The molecule has 0 saturated heterocycles. The van der Waals surface area contributed by atoms with Crippen LogP contribution in [0.2, 0.25) is 0 Å². The molecule has 142 valence electrons. The van der Waals surface area contributed by atoms with Crippen molar-refractivity contribution in [3.63, 3.8) is 0 Å². The Kier molecular flexibility index (Phi) is 9.55. The largest absolute Gasteiger partial charge is 0.492 e. The number of carbonyl (C=O) groups excluding carboxylic acids is 1. The summed E-state index contributed by atoms with van der Waals surface area (Å²) in [6.07, 6.45) is 0.351. The van der Waals surface area contributed by atoms with Gasteiger partial charge in [-0.1, -0.05) is 30.3 Å². The highest BCUT2D eigenvalue weighted by Crippen LogP contribution is 2.18. The van der Waals surface area contributed by atoms with Crippen molar-refractivity contribution in [1.29, 1.82) is 0 Å². The molecule has 0 heterocycles. The fraction of sp³-hybridized carbons (Fsp3) is 0.350. The Balaban J connectivity index is 0.00000338. The van der Waals surface area contributed by atoms with Gasteiger partial charge in [0.25, 0.3) is 0 Å². The van der Waals surface area contributed by atoms with Gasteiger partial charge in [-0.3, -0.25) is 4.79 Å². The van der Waals surface area contributed by atoms with E-state index >= 15 is 0 Å². The van der Waals surface area contributed by atoms with E-state index < -0.39 is 0 Å². The Morgan fingerprint density at radius 2 is 1.62 bits per heavy atom. The lowest BCUT2D eigenvalue weighted by Crippen LogP contribution is -2.34. The van der Waals surface area contributed by atoms with Crippen LogP contribution in [0.1, 0.15) is 18.9 Å². The van der Waals surface area contributed by atoms with E-state index in [2.05, 4.69) is 0 Å². The molecule has 0 fully saturated rings. The zero-order valence-corrected chi connectivity index (χ0v) is 16.1. The number of rotatable bonds is 9. The summed E-state index contributed by atoms with van der Waals surface area (Å²) in [5.74, 6) is 1.57. The Hall–Kier alpha value is -2.24. The van der Waals surface area contributed by atoms with Gasteiger partial charge in [0.2, 0.25) is 5.91 Å². The zero-order valence-electron chi connectivity index (χ0n) is 15.3. The van der Waals surface area contributed by atoms with Crippen LogP contribution in [0.4, 0.5) is 0 Å². The van der Waals surface area contributed by atoms with Gasteiger partial charge in [-0.05, 0) is 36.8 Å². The number of likely N-dealkylation sites (N-methyl/N-ethyl adjacent to an activating group) is 1. The molecule has 0 bridgehead atoms. The van der Waals surface area contributed by atoms with Gasteiger partial charge in [0, 0.05) is 19.5 Å². The van der Waals surface area contributed by atoms with Gasteiger partial charge in [0.15, 0.2) is 0 Å². The standard InChI is InChI=1S/C20H26N2O3.ClH/c1-16(21)14-20(23)22(2)12-13-24-18-8-10-19(11-9-18)25-15-17-6-4-3-5-7-17;/h3-11,16H,12-15,21H2,1-2H3;1H. The van der Waals surface area contributed by atoms with E-state index in [4.69, 9.17) is 15.2 Å². The first-order valence-electron chi connectivity index (χ1n) is 8.43. The minimum atomic E-state index is -0.126. The van der Waals surface area contributed by atoms with Gasteiger partial charge in [0.05, 0.1) is 6.54 Å². The molecular weight excluding hydrogens is 352 g/mol. The summed E-state index contributed by atoms with van der Waals surface area (Å²) in [6.45, 7) is 3.32. The number of nitrogens with two attached hydrogens (primary N) is 1. The van der Waals surface area contributed by atoms with Gasteiger partial charge >= 0.3 is 0 Å². The van der Waals surface area contributed by atoms with Crippen LogP contribution < -0.4 is 15.2 Å². The van der Waals surface area contributed by atoms with Gasteiger partial charge in [-0.15, -0.1) is 12.4 Å². The molecule has 0 aliphatic heterocycles. The molecule has 0 aliphatic carbocycles. The highest BCUT2D eigenvalue weighted by molar-refractivity contribution is 5.85. The third-order valence-electron chi connectivity index (χ3n) is 3.69. The van der Waals surface area contributed by atoms with Crippen LogP contribution >= 0.6 is 12.4 Å². The van der Waals surface area contributed by atoms with E-state index in [1.807, 2.05) is 61.5 Å². The summed E-state index contributed by atoms with van der Waals surface area (Å²) in [5.41, 5.74) is 6.76. The molecule has 0 aliphatic rings. The minimum absolute atomic E-state index is 0. The first-order chi connectivity index (χ1) is 12.0. The average molecular weight is 379 g/mol. The molecule has 0 spiro atoms. The van der Waals surface area contributed by atoms with Crippen molar-refractivity contribution in [2.45, 2.75) is 26.0 Å². The summed E-state index contributed by atoms with van der Waals surface area (Å²) in [7, 11) is 1.76. The second-order valence-electron chi connectivity index (χ2n) is 6.09. The van der Waals surface area contributed by atoms with Crippen LogP contribution in [0.15, 0.2) is 54.6 Å². The van der Waals surface area contributed by atoms with E-state index in [-0.39, 0.29) is 24.4 Å². The number of benzene rings is 2. The molecule has 2 aromatic carbocycles. The van der Waals surface area contributed by atoms with Crippen molar-refractivity contribution in [2.75, 3.05) is 20.2 Å². The van der Waals surface area contributed by atoms with Crippen LogP contribution in [0.3, 0.4) is 0 Å². The van der Waals surface area contributed by atoms with Crippen LogP contribution in [0.5, 0.6) is 11.5 Å². The molecular formula is C20H27ClN2O3. The SMILES string of the molecule is CC(N)CC(=O)N(C)CCOc1ccc(OCc2ccccc2)cc1.Cl. The Labute approximate surface area is 161 Å². The van der Waals surface area contributed by atoms with Crippen LogP contribution in [-0.4, -0.2) is 37.0 Å². The predicted octanol–water partition coefficient (Wildman–Crippen LogP) is 3.26. The van der Waals surface area contributed by atoms with Crippen molar-refractivity contribution in [3.8, 4) is 11.5 Å². The van der Waals surface area contributed by atoms with Crippen molar-refractivity contribution in [1.82, 2.24) is 4.90 Å². The van der Waals surface area contributed by atoms with Gasteiger partial charge in [-0.2, -0.15) is 0 Å². The molecule has 0 aromatic heterocycles. The Morgan fingerprint density at radius 1 is 1.04 bits per heavy atom. The van der Waals surface area contributed by atoms with Crippen molar-refractivity contribution >= 4 is 18.3 Å². The molecule has 5 nitrogen and oxygen atoms in total. The molecule has 2 aromatic rings. The monoisotopic (exact) mass is 378 g/mol. The van der Waals surface area contributed by atoms with Crippen molar-refractivity contribution < 1.29 is 14.3 Å². The Morgan fingerprint density at radius 3 is 2.19 bits per heavy atom. The predicted molar refractivity (Wildman–Crippen MR) is 106 cm³/mol. The lowest BCUT2D eigenvalue weighted by molar-refractivity contribution is -0.130. The molecule has 1 amide bonds. The molecule has 1 atom stereocenters. The average Bonchev–Trinajstić information content (AvgIpc) is 2.61. The highest BCUT2D eigenvalue weighted by atomic mass is 35.5. The van der Waals surface area contributed by atoms with Gasteiger partial charge < -0.3 is 20.1 Å². The smallest absolute Gasteiger partial charge is 0.223 e. The molecule has 2 rings (SSSR count). The lowest BCUT2D eigenvalue weighted by Gasteiger charge is -2.18. The normalized spacial score (nSPS) is 11.2. The van der Waals surface area contributed by atoms with E-state index in [0.717, 1.165) is 17.1 Å². The molecule has 2 N–H and O–H groups in total. The second kappa shape index (κ2) is 11.4. The summed E-state index contributed by atoms with van der Waals surface area (Å²) in [6, 6.07) is 17.4. The summed E-state index contributed by atoms with van der Waals surface area (Å²) in [4.78, 5) is 13.4. The molecule has 1 unspecified atom stereocenters. The first-order valence-corrected chi connectivity index (χ1v) is 8.43. The molecule has 0 radical (unpaired) electrons. The maximum Gasteiger partial charge on any atom is 0.223 e. The van der Waals surface area contributed by atoms with Crippen LogP contribution in [0, 0.1) is 0 Å². The van der Waals surface area contributed by atoms with E-state index in [1.165, 1.54) is 0 Å². The van der Waals surface area contributed by atoms with E-state index in [0.29, 0.717) is 26.2 Å². The van der Waals surface area contributed by atoms with Crippen molar-refractivity contribution in [3.05, 3.63) is 60.2 Å². The fourth-order valence-electron chi connectivity index (χ4n) is 2.23. The molecule has 26 heavy (non-hydrogen) atoms. The fourth-order valence-corrected chi connectivity index (χ4v) is 2.23. The highest BCUT2D eigenvalue weighted by Gasteiger charge is 2.10. The third kappa shape index (κ3) is 7.76. The maximum atomic E-state index is 11.8. The zero-order chi connectivity index (χ0) is 18.1. The number of hydrogen-bond donors (Lipinski definition) is 1. The summed E-state index contributed by atoms with van der Waals surface area (Å²) in [5, 5.41) is 0. The summed E-state index contributed by atoms with van der Waals surface area (Å²) < 4.78 is 11.4. The summed E-state index contributed by atoms with van der Waals surface area (Å²) >= 11 is 0. The number of ether oxygens (including phenoxy) is 2. The molecule has 6 heteroatoms. The molecule has 0 saturated carbocycles. The first kappa shape index (κ1) is 21.8. The Bertz CT molecular complexity index is 648. The number of hydrogen-bond acceptors (Lipinski definition) is 4. The number of carbonyl (C=O) groups is 1. The van der Waals surface area contributed by atoms with Crippen LogP contribution in [0.25, 0.3) is 0 Å². The van der Waals surface area contributed by atoms with Crippen molar-refractivity contribution in [2.24, 2.45) is 5.73 Å². The van der Waals surface area contributed by atoms with Crippen LogP contribution in [-0.2, 0) is 11.4 Å². The minimum Gasteiger partial charge on any atom is -0.492 e. The number of halogens is 1. The second-order valence-corrected chi connectivity index (χ2v) is 6.09. The quantitative estimate of drug-likeness (QED) is 0.727. The maximum absolute atomic E-state index is 11.8. The lowest BCUT2D eigenvalue weighted by atomic mass is 10.2. The van der Waals surface area contributed by atoms with Gasteiger partial charge in [0.1, 0.15) is 24.7 Å². The number of amides is 1. The van der Waals surface area contributed by atoms with E-state index in [1.54, 1.807) is 11.9 Å². The third-order valence-corrected chi connectivity index (χ3v) is 3.69. The number of nitrogens with zero attached hydrogens (tertiary/aromatic N) is 1.